The van der Waals surface area contributed by atoms with Gasteiger partial charge < -0.3 is 0 Å². The maximum atomic E-state index is 11.0. The van der Waals surface area contributed by atoms with E-state index in [9.17, 15) is 4.57 Å². The van der Waals surface area contributed by atoms with Gasteiger partial charge in [0.15, 0.2) is 0 Å². The summed E-state index contributed by atoms with van der Waals surface area (Å²) in [7, 11) is -2.20. The van der Waals surface area contributed by atoms with Gasteiger partial charge in [0.1, 0.15) is 0 Å². The van der Waals surface area contributed by atoms with E-state index in [-0.39, 0.29) is 0 Å². The van der Waals surface area contributed by atoms with E-state index in [2.05, 4.69) is 13.8 Å². The second-order valence-corrected chi connectivity index (χ2v) is 4.17. The summed E-state index contributed by atoms with van der Waals surface area (Å²) in [6.45, 7) is 4.14. The Balaban J connectivity index is 3.11. The van der Waals surface area contributed by atoms with Crippen LogP contribution in [0.15, 0.2) is 24.3 Å². The van der Waals surface area contributed by atoms with Crippen molar-refractivity contribution in [1.29, 1.82) is 0 Å². The molecule has 1 N–H and O–H groups in total. The predicted octanol–water partition coefficient (Wildman–Crippen LogP) is 2.56. The Kier molecular flexibility index (Phi) is 3.58. The smallest absolute Gasteiger partial charge is 0.156 e. The molecule has 0 heterocycles. The Bertz CT molecular complexity index is 310. The monoisotopic (exact) mass is 197 g/mol. The van der Waals surface area contributed by atoms with Crippen LogP contribution in [-0.4, -0.2) is 4.89 Å². The van der Waals surface area contributed by atoms with Crippen LogP contribution in [0.4, 0.5) is 0 Å². The minimum atomic E-state index is -2.20. The standard InChI is InChI=1S/C10H13O2P/c1-3-8(2)9-6-4-5-7-10(9)13(11)12/h4-8H,3H2,1-2H3/p+1. The van der Waals surface area contributed by atoms with Gasteiger partial charge in [-0.2, -0.15) is 4.89 Å². The van der Waals surface area contributed by atoms with Gasteiger partial charge >= 0.3 is 8.03 Å². The normalized spacial score (nSPS) is 13.9. The minimum Gasteiger partial charge on any atom is -0.156 e. The zero-order chi connectivity index (χ0) is 9.84. The van der Waals surface area contributed by atoms with Crippen LogP contribution >= 0.6 is 8.03 Å². The quantitative estimate of drug-likeness (QED) is 0.756. The summed E-state index contributed by atoms with van der Waals surface area (Å²) >= 11 is 0. The lowest BCUT2D eigenvalue weighted by Crippen LogP contribution is -2.07. The highest BCUT2D eigenvalue weighted by atomic mass is 31.1. The van der Waals surface area contributed by atoms with Crippen LogP contribution in [0.25, 0.3) is 0 Å². The van der Waals surface area contributed by atoms with Crippen molar-refractivity contribution in [3.05, 3.63) is 29.8 Å². The number of benzene rings is 1. The van der Waals surface area contributed by atoms with Crippen LogP contribution in [0, 0.1) is 0 Å². The molecule has 0 bridgehead atoms. The van der Waals surface area contributed by atoms with Crippen molar-refractivity contribution in [1.82, 2.24) is 0 Å². The van der Waals surface area contributed by atoms with Gasteiger partial charge in [-0.25, -0.2) is 0 Å². The molecular formula is C10H14O2P+. The third-order valence-electron chi connectivity index (χ3n) is 2.29. The molecule has 0 aliphatic carbocycles. The van der Waals surface area contributed by atoms with E-state index in [0.29, 0.717) is 11.2 Å². The predicted molar refractivity (Wildman–Crippen MR) is 54.6 cm³/mol. The molecule has 0 aromatic heterocycles. The van der Waals surface area contributed by atoms with Crippen LogP contribution < -0.4 is 5.30 Å². The van der Waals surface area contributed by atoms with E-state index < -0.39 is 8.03 Å². The molecule has 2 unspecified atom stereocenters. The molecule has 0 aliphatic heterocycles. The molecule has 2 atom stereocenters. The molecule has 0 saturated heterocycles. The first-order valence-electron chi connectivity index (χ1n) is 4.41. The Morgan fingerprint density at radius 1 is 1.46 bits per heavy atom. The average molecular weight is 197 g/mol. The second kappa shape index (κ2) is 4.50. The molecule has 0 spiro atoms. The number of hydrogen-bond acceptors (Lipinski definition) is 1. The zero-order valence-electron chi connectivity index (χ0n) is 7.90. The summed E-state index contributed by atoms with van der Waals surface area (Å²) in [5.74, 6) is 0.349. The van der Waals surface area contributed by atoms with Crippen molar-refractivity contribution in [2.45, 2.75) is 26.2 Å². The lowest BCUT2D eigenvalue weighted by molar-refractivity contribution is 0.512. The molecule has 1 aromatic rings. The second-order valence-electron chi connectivity index (χ2n) is 3.14. The molecule has 13 heavy (non-hydrogen) atoms. The molecule has 1 aromatic carbocycles. The van der Waals surface area contributed by atoms with Crippen LogP contribution in [-0.2, 0) is 4.57 Å². The van der Waals surface area contributed by atoms with Crippen molar-refractivity contribution < 1.29 is 9.46 Å². The van der Waals surface area contributed by atoms with Gasteiger partial charge in [-0.05, 0) is 23.0 Å². The summed E-state index contributed by atoms with van der Waals surface area (Å²) < 4.78 is 11.0. The number of rotatable bonds is 3. The summed E-state index contributed by atoms with van der Waals surface area (Å²) in [6.07, 6.45) is 0.986. The average Bonchev–Trinajstić information content (AvgIpc) is 2.16. The van der Waals surface area contributed by atoms with E-state index >= 15 is 0 Å². The first kappa shape index (κ1) is 10.4. The fourth-order valence-electron chi connectivity index (χ4n) is 1.30. The Morgan fingerprint density at radius 3 is 2.62 bits per heavy atom. The first-order chi connectivity index (χ1) is 6.16. The molecule has 3 heteroatoms. The molecule has 70 valence electrons. The summed E-state index contributed by atoms with van der Waals surface area (Å²) in [6, 6.07) is 7.35. The summed E-state index contributed by atoms with van der Waals surface area (Å²) in [5, 5.41) is 0.576. The highest BCUT2D eigenvalue weighted by Crippen LogP contribution is 2.23. The van der Waals surface area contributed by atoms with Gasteiger partial charge in [0.25, 0.3) is 0 Å². The third-order valence-corrected chi connectivity index (χ3v) is 3.11. The van der Waals surface area contributed by atoms with Crippen molar-refractivity contribution >= 4 is 13.3 Å². The Hall–Kier alpha value is -0.720. The molecule has 2 nitrogen and oxygen atoms in total. The van der Waals surface area contributed by atoms with Gasteiger partial charge in [0.05, 0.1) is 0 Å². The van der Waals surface area contributed by atoms with Crippen LogP contribution in [0.3, 0.4) is 0 Å². The Morgan fingerprint density at radius 2 is 2.08 bits per heavy atom. The SMILES string of the molecule is CCC(C)c1ccccc1[P+](=O)O. The van der Waals surface area contributed by atoms with E-state index in [1.165, 1.54) is 0 Å². The van der Waals surface area contributed by atoms with E-state index in [1.807, 2.05) is 12.1 Å². The molecule has 1 rings (SSSR count). The van der Waals surface area contributed by atoms with Crippen molar-refractivity contribution in [2.24, 2.45) is 0 Å². The Labute approximate surface area is 79.5 Å². The maximum Gasteiger partial charge on any atom is 0.546 e. The van der Waals surface area contributed by atoms with Crippen LogP contribution in [0.5, 0.6) is 0 Å². The van der Waals surface area contributed by atoms with Gasteiger partial charge in [-0.15, -0.1) is 0 Å². The zero-order valence-corrected chi connectivity index (χ0v) is 8.79. The number of hydrogen-bond donors (Lipinski definition) is 1. The topological polar surface area (TPSA) is 37.3 Å². The first-order valence-corrected chi connectivity index (χ1v) is 5.63. The minimum absolute atomic E-state index is 0.349. The molecule has 0 amide bonds. The summed E-state index contributed by atoms with van der Waals surface area (Å²) in [4.78, 5) is 9.06. The van der Waals surface area contributed by atoms with E-state index in [4.69, 9.17) is 4.89 Å². The van der Waals surface area contributed by atoms with Gasteiger partial charge in [-0.1, -0.05) is 32.0 Å². The fraction of sp³-hybridized carbons (Fsp3) is 0.400. The van der Waals surface area contributed by atoms with Gasteiger partial charge in [0, 0.05) is 5.56 Å². The molecule has 0 saturated carbocycles. The maximum absolute atomic E-state index is 11.0. The molecule has 0 radical (unpaired) electrons. The van der Waals surface area contributed by atoms with Crippen molar-refractivity contribution in [2.75, 3.05) is 0 Å². The molecule has 0 fully saturated rings. The highest BCUT2D eigenvalue weighted by molar-refractivity contribution is 7.47. The van der Waals surface area contributed by atoms with Crippen LogP contribution in [0.2, 0.25) is 0 Å². The third kappa shape index (κ3) is 2.36. The molecule has 0 aliphatic rings. The van der Waals surface area contributed by atoms with Crippen molar-refractivity contribution in [3.8, 4) is 0 Å². The fourth-order valence-corrected chi connectivity index (χ4v) is 2.03. The molecular weight excluding hydrogens is 183 g/mol. The lowest BCUT2D eigenvalue weighted by atomic mass is 9.99. The highest BCUT2D eigenvalue weighted by Gasteiger charge is 2.22. The van der Waals surface area contributed by atoms with Gasteiger partial charge in [0.2, 0.25) is 5.30 Å². The summed E-state index contributed by atoms with van der Waals surface area (Å²) in [5.41, 5.74) is 0.994. The van der Waals surface area contributed by atoms with E-state index in [1.54, 1.807) is 12.1 Å². The largest absolute Gasteiger partial charge is 0.546 e. The van der Waals surface area contributed by atoms with E-state index in [0.717, 1.165) is 12.0 Å². The van der Waals surface area contributed by atoms with Crippen molar-refractivity contribution in [3.63, 3.8) is 0 Å². The lowest BCUT2D eigenvalue weighted by Gasteiger charge is -2.07. The van der Waals surface area contributed by atoms with Crippen LogP contribution in [0.1, 0.15) is 31.7 Å². The van der Waals surface area contributed by atoms with Gasteiger partial charge in [-0.3, -0.25) is 0 Å².